The van der Waals surface area contributed by atoms with Crippen LogP contribution in [0, 0.1) is 0 Å². The fraction of sp³-hybridized carbons (Fsp3) is 0.357. The number of fused-ring (bicyclic) bond motifs is 1. The van der Waals surface area contributed by atoms with Gasteiger partial charge in [0.1, 0.15) is 0 Å². The van der Waals surface area contributed by atoms with E-state index in [0.29, 0.717) is 32.3 Å². The number of nitrogens with zero attached hydrogens (tertiary/aromatic N) is 4. The van der Waals surface area contributed by atoms with E-state index in [1.807, 2.05) is 24.4 Å². The van der Waals surface area contributed by atoms with Gasteiger partial charge in [0.2, 0.25) is 5.96 Å². The first kappa shape index (κ1) is 27.2. The normalized spacial score (nSPS) is 12.5. The van der Waals surface area contributed by atoms with E-state index in [0.717, 1.165) is 52.4 Å². The molecule has 0 radical (unpaired) electrons. The summed E-state index contributed by atoms with van der Waals surface area (Å²) < 4.78 is 15.5. The molecule has 1 aliphatic heterocycles. The molecule has 0 bridgehead atoms. The van der Waals surface area contributed by atoms with Crippen LogP contribution in [-0.4, -0.2) is 74.1 Å². The van der Waals surface area contributed by atoms with Gasteiger partial charge in [-0.05, 0) is 48.4 Å². The molecule has 0 unspecified atom stereocenters. The van der Waals surface area contributed by atoms with E-state index in [1.165, 1.54) is 0 Å². The van der Waals surface area contributed by atoms with Crippen LogP contribution in [0.2, 0.25) is 0 Å². The molecular formula is C28H34N6O4. The molecule has 2 N–H and O–H groups in total. The maximum Gasteiger partial charge on any atom is 0.413 e. The molecule has 0 spiro atoms. The molecule has 1 amide bonds. The van der Waals surface area contributed by atoms with Gasteiger partial charge in [0.15, 0.2) is 0 Å². The van der Waals surface area contributed by atoms with E-state index in [9.17, 15) is 4.79 Å². The lowest BCUT2D eigenvalue weighted by atomic mass is 9.95. The number of pyridine rings is 2. The van der Waals surface area contributed by atoms with Crippen LogP contribution < -0.4 is 10.6 Å². The van der Waals surface area contributed by atoms with Crippen molar-refractivity contribution >= 4 is 17.7 Å². The summed E-state index contributed by atoms with van der Waals surface area (Å²) in [5.41, 5.74) is 6.55. The molecule has 1 aromatic carbocycles. The Morgan fingerprint density at radius 1 is 1.05 bits per heavy atom. The number of guanidine groups is 1. The monoisotopic (exact) mass is 518 g/mol. The molecule has 0 fully saturated rings. The number of ether oxygens (including phenoxy) is 3. The third-order valence-corrected chi connectivity index (χ3v) is 6.07. The predicted molar refractivity (Wildman–Crippen MR) is 147 cm³/mol. The van der Waals surface area contributed by atoms with Gasteiger partial charge in [0.25, 0.3) is 0 Å². The molecule has 10 heteroatoms. The van der Waals surface area contributed by atoms with Crippen LogP contribution in [0.5, 0.6) is 0 Å². The lowest BCUT2D eigenvalue weighted by Gasteiger charge is -2.23. The number of nitrogens with one attached hydrogen (secondary N) is 2. The van der Waals surface area contributed by atoms with Gasteiger partial charge in [-0.3, -0.25) is 20.2 Å². The van der Waals surface area contributed by atoms with Crippen molar-refractivity contribution in [2.75, 3.05) is 52.4 Å². The Balaban J connectivity index is 1.60. The second-order valence-electron chi connectivity index (χ2n) is 8.71. The van der Waals surface area contributed by atoms with Crippen LogP contribution in [0.1, 0.15) is 18.2 Å². The Morgan fingerprint density at radius 3 is 2.53 bits per heavy atom. The topological polar surface area (TPSA) is 110 Å². The van der Waals surface area contributed by atoms with Crippen molar-refractivity contribution in [2.45, 2.75) is 20.0 Å². The molecule has 0 atom stereocenters. The van der Waals surface area contributed by atoms with Crippen molar-refractivity contribution < 1.29 is 19.0 Å². The Bertz CT molecular complexity index is 1230. The number of aliphatic imine (C=N–C) groups is 1. The fourth-order valence-electron chi connectivity index (χ4n) is 4.15. The Labute approximate surface area is 223 Å². The first-order valence-corrected chi connectivity index (χ1v) is 12.6. The van der Waals surface area contributed by atoms with E-state index in [2.05, 4.69) is 49.8 Å². The van der Waals surface area contributed by atoms with Crippen molar-refractivity contribution in [3.63, 3.8) is 0 Å². The third-order valence-electron chi connectivity index (χ3n) is 6.07. The highest BCUT2D eigenvalue weighted by atomic mass is 16.5. The van der Waals surface area contributed by atoms with Gasteiger partial charge in [0.05, 0.1) is 43.4 Å². The summed E-state index contributed by atoms with van der Waals surface area (Å²) in [6, 6.07) is 14.1. The first-order chi connectivity index (χ1) is 18.6. The zero-order valence-corrected chi connectivity index (χ0v) is 22.1. The van der Waals surface area contributed by atoms with Gasteiger partial charge >= 0.3 is 6.09 Å². The van der Waals surface area contributed by atoms with Crippen LogP contribution in [-0.2, 0) is 27.3 Å². The minimum Gasteiger partial charge on any atom is -0.450 e. The number of amides is 1. The van der Waals surface area contributed by atoms with Gasteiger partial charge in [-0.25, -0.2) is 9.79 Å². The van der Waals surface area contributed by atoms with Crippen LogP contribution in [0.25, 0.3) is 22.4 Å². The smallest absolute Gasteiger partial charge is 0.413 e. The summed E-state index contributed by atoms with van der Waals surface area (Å²) in [5, 5.41) is 5.91. The zero-order chi connectivity index (χ0) is 26.7. The molecule has 38 heavy (non-hydrogen) atoms. The first-order valence-electron chi connectivity index (χ1n) is 12.6. The second kappa shape index (κ2) is 13.6. The van der Waals surface area contributed by atoms with E-state index >= 15 is 0 Å². The van der Waals surface area contributed by atoms with Gasteiger partial charge in [-0.15, -0.1) is 0 Å². The molecule has 3 heterocycles. The molecule has 2 aromatic heterocycles. The maximum atomic E-state index is 11.9. The maximum absolute atomic E-state index is 11.9. The van der Waals surface area contributed by atoms with E-state index in [-0.39, 0.29) is 6.61 Å². The average Bonchev–Trinajstić information content (AvgIpc) is 2.95. The second-order valence-corrected chi connectivity index (χ2v) is 8.71. The average molecular weight is 519 g/mol. The number of carbonyl (C=O) groups excluding carboxylic acids is 1. The number of aromatic nitrogens is 2. The number of hydrogen-bond donors (Lipinski definition) is 2. The highest BCUT2D eigenvalue weighted by Gasteiger charge is 2.20. The molecule has 3 aromatic rings. The van der Waals surface area contributed by atoms with E-state index in [1.54, 1.807) is 27.3 Å². The quantitative estimate of drug-likeness (QED) is 0.393. The van der Waals surface area contributed by atoms with Gasteiger partial charge in [-0.2, -0.15) is 0 Å². The van der Waals surface area contributed by atoms with Gasteiger partial charge in [0, 0.05) is 57.4 Å². The Hall–Kier alpha value is -3.86. The van der Waals surface area contributed by atoms with Crippen LogP contribution >= 0.6 is 0 Å². The Kier molecular flexibility index (Phi) is 9.74. The largest absolute Gasteiger partial charge is 0.450 e. The van der Waals surface area contributed by atoms with Crippen LogP contribution in [0.4, 0.5) is 10.5 Å². The number of carbonyl (C=O) groups is 1. The summed E-state index contributed by atoms with van der Waals surface area (Å²) in [7, 11) is 3.41. The lowest BCUT2D eigenvalue weighted by molar-refractivity contribution is 0.109. The van der Waals surface area contributed by atoms with Crippen LogP contribution in [0.3, 0.4) is 0 Å². The van der Waals surface area contributed by atoms with E-state index < -0.39 is 6.09 Å². The number of rotatable bonds is 11. The zero-order valence-electron chi connectivity index (χ0n) is 22.1. The third kappa shape index (κ3) is 7.12. The molecule has 4 rings (SSSR count). The molecule has 0 saturated heterocycles. The molecule has 10 nitrogen and oxygen atoms in total. The SMILES string of the molecule is CCOC(=O)NC1=NCc2cc(-c3ccc(CN(CCOC)CCOC)nc3)cc(-c3ccccn3)c2N1. The predicted octanol–water partition coefficient (Wildman–Crippen LogP) is 3.93. The van der Waals surface area contributed by atoms with Crippen molar-refractivity contribution in [3.05, 3.63) is 66.1 Å². The summed E-state index contributed by atoms with van der Waals surface area (Å²) >= 11 is 0. The number of alkyl carbamates (subject to hydrolysis) is 1. The number of hydrogen-bond acceptors (Lipinski definition) is 9. The van der Waals surface area contributed by atoms with Crippen molar-refractivity contribution in [3.8, 4) is 22.4 Å². The molecule has 0 saturated carbocycles. The molecular weight excluding hydrogens is 484 g/mol. The highest BCUT2D eigenvalue weighted by Crippen LogP contribution is 2.37. The number of anilines is 1. The highest BCUT2D eigenvalue weighted by molar-refractivity contribution is 6.06. The Morgan fingerprint density at radius 2 is 1.87 bits per heavy atom. The fourth-order valence-corrected chi connectivity index (χ4v) is 4.15. The summed E-state index contributed by atoms with van der Waals surface area (Å²) in [5.74, 6) is 0.346. The minimum atomic E-state index is -0.549. The van der Waals surface area contributed by atoms with Crippen molar-refractivity contribution in [2.24, 2.45) is 4.99 Å². The minimum absolute atomic E-state index is 0.281. The summed E-state index contributed by atoms with van der Waals surface area (Å²) in [6.45, 7) is 6.07. The molecule has 1 aliphatic rings. The van der Waals surface area contributed by atoms with Crippen molar-refractivity contribution in [1.82, 2.24) is 20.2 Å². The van der Waals surface area contributed by atoms with E-state index in [4.69, 9.17) is 19.2 Å². The van der Waals surface area contributed by atoms with Crippen molar-refractivity contribution in [1.29, 1.82) is 0 Å². The number of methoxy groups -OCH3 is 2. The standard InChI is InChI=1S/C28H34N6O4/c1-4-38-28(35)33-27-31-18-22-15-21(16-24(26(22)32-27)25-7-5-6-10-29-25)20-8-9-23(30-17-20)19-34(11-13-36-2)12-14-37-3/h5-10,15-17H,4,11-14,18-19H2,1-3H3,(H2,31,32,33,35). The summed E-state index contributed by atoms with van der Waals surface area (Å²) in [4.78, 5) is 28.0. The molecule has 200 valence electrons. The van der Waals surface area contributed by atoms with Crippen LogP contribution in [0.15, 0.2) is 59.9 Å². The van der Waals surface area contributed by atoms with Gasteiger partial charge in [-0.1, -0.05) is 12.1 Å². The molecule has 0 aliphatic carbocycles. The number of benzene rings is 1. The lowest BCUT2D eigenvalue weighted by Crippen LogP contribution is -2.38. The van der Waals surface area contributed by atoms with Gasteiger partial charge < -0.3 is 19.5 Å². The summed E-state index contributed by atoms with van der Waals surface area (Å²) in [6.07, 6.45) is 3.11.